The average molecular weight is 393 g/mol. The van der Waals surface area contributed by atoms with Gasteiger partial charge < -0.3 is 20.0 Å². The van der Waals surface area contributed by atoms with Crippen LogP contribution in [0.1, 0.15) is 44.9 Å². The van der Waals surface area contributed by atoms with Crippen molar-refractivity contribution >= 4 is 11.8 Å². The van der Waals surface area contributed by atoms with Crippen LogP contribution in [0.5, 0.6) is 0 Å². The minimum atomic E-state index is -0.363. The SMILES string of the molecule is CN(C)C[C@@H]1CN(C(=O)C(=O)NC(C2CCCC2)C2CCC2)C[C@H]1CN(C)C. The topological polar surface area (TPSA) is 55.9 Å². The van der Waals surface area contributed by atoms with Gasteiger partial charge in [-0.15, -0.1) is 0 Å². The molecular formula is C22H40N4O2. The van der Waals surface area contributed by atoms with Crippen LogP contribution in [-0.4, -0.2) is 86.9 Å². The molecule has 28 heavy (non-hydrogen) atoms. The van der Waals surface area contributed by atoms with E-state index in [1.807, 2.05) is 4.90 Å². The number of carbonyl (C=O) groups is 2. The third kappa shape index (κ3) is 5.26. The normalized spacial score (nSPS) is 27.4. The highest BCUT2D eigenvalue weighted by atomic mass is 16.2. The van der Waals surface area contributed by atoms with Crippen molar-refractivity contribution in [2.24, 2.45) is 23.7 Å². The summed E-state index contributed by atoms with van der Waals surface area (Å²) in [6, 6.07) is 0.213. The lowest BCUT2D eigenvalue weighted by atomic mass is 9.74. The fourth-order valence-corrected chi connectivity index (χ4v) is 5.55. The first-order chi connectivity index (χ1) is 13.3. The van der Waals surface area contributed by atoms with Crippen molar-refractivity contribution in [3.8, 4) is 0 Å². The monoisotopic (exact) mass is 392 g/mol. The average Bonchev–Trinajstić information content (AvgIpc) is 3.21. The molecule has 3 atom stereocenters. The van der Waals surface area contributed by atoms with E-state index in [2.05, 4.69) is 43.3 Å². The minimum absolute atomic E-state index is 0.213. The van der Waals surface area contributed by atoms with Gasteiger partial charge in [0.1, 0.15) is 0 Å². The highest BCUT2D eigenvalue weighted by Crippen LogP contribution is 2.38. The van der Waals surface area contributed by atoms with E-state index in [0.717, 1.165) is 13.1 Å². The Morgan fingerprint density at radius 1 is 0.857 bits per heavy atom. The first kappa shape index (κ1) is 21.6. The van der Waals surface area contributed by atoms with E-state index in [4.69, 9.17) is 0 Å². The lowest BCUT2D eigenvalue weighted by molar-refractivity contribution is -0.146. The van der Waals surface area contributed by atoms with Gasteiger partial charge in [-0.1, -0.05) is 19.3 Å². The minimum Gasteiger partial charge on any atom is -0.345 e. The van der Waals surface area contributed by atoms with Crippen LogP contribution in [0.15, 0.2) is 0 Å². The van der Waals surface area contributed by atoms with Gasteiger partial charge >= 0.3 is 11.8 Å². The molecule has 1 saturated heterocycles. The molecule has 2 saturated carbocycles. The first-order valence-corrected chi connectivity index (χ1v) is 11.2. The number of likely N-dealkylation sites (tertiary alicyclic amines) is 1. The van der Waals surface area contributed by atoms with E-state index in [1.165, 1.54) is 44.9 Å². The van der Waals surface area contributed by atoms with Crippen LogP contribution in [0.4, 0.5) is 0 Å². The molecule has 0 bridgehead atoms. The second-order valence-corrected chi connectivity index (χ2v) is 9.99. The van der Waals surface area contributed by atoms with Crippen molar-refractivity contribution in [2.45, 2.75) is 51.0 Å². The molecule has 1 heterocycles. The van der Waals surface area contributed by atoms with E-state index < -0.39 is 0 Å². The molecule has 0 spiro atoms. The molecule has 0 aromatic rings. The summed E-state index contributed by atoms with van der Waals surface area (Å²) >= 11 is 0. The Bertz CT molecular complexity index is 523. The maximum Gasteiger partial charge on any atom is 0.311 e. The van der Waals surface area contributed by atoms with E-state index in [0.29, 0.717) is 36.8 Å². The molecule has 6 heteroatoms. The molecule has 3 rings (SSSR count). The van der Waals surface area contributed by atoms with Gasteiger partial charge in [0, 0.05) is 32.2 Å². The fraction of sp³-hybridized carbons (Fsp3) is 0.909. The predicted octanol–water partition coefficient (Wildman–Crippen LogP) is 1.66. The molecule has 3 fully saturated rings. The Morgan fingerprint density at radius 2 is 1.32 bits per heavy atom. The van der Waals surface area contributed by atoms with Crippen molar-refractivity contribution in [1.82, 2.24) is 20.0 Å². The van der Waals surface area contributed by atoms with Gasteiger partial charge in [-0.25, -0.2) is 0 Å². The Balaban J connectivity index is 1.60. The standard InChI is InChI=1S/C22H40N4O2/c1-24(2)12-18-14-26(15-19(18)13-25(3)4)22(28)21(27)23-20(17-10-7-11-17)16-8-5-6-9-16/h16-20H,5-15H2,1-4H3,(H,23,27)/t18-,19-,20?/m1/s1. The zero-order chi connectivity index (χ0) is 20.3. The zero-order valence-corrected chi connectivity index (χ0v) is 18.3. The molecule has 3 aliphatic rings. The fourth-order valence-electron chi connectivity index (χ4n) is 5.55. The van der Waals surface area contributed by atoms with E-state index in [-0.39, 0.29) is 17.9 Å². The number of rotatable bonds is 7. The molecular weight excluding hydrogens is 352 g/mol. The molecule has 2 aliphatic carbocycles. The summed E-state index contributed by atoms with van der Waals surface area (Å²) in [6.07, 6.45) is 8.61. The summed E-state index contributed by atoms with van der Waals surface area (Å²) in [7, 11) is 8.31. The van der Waals surface area contributed by atoms with E-state index in [1.54, 1.807) is 0 Å². The van der Waals surface area contributed by atoms with Crippen LogP contribution >= 0.6 is 0 Å². The smallest absolute Gasteiger partial charge is 0.311 e. The second-order valence-electron chi connectivity index (χ2n) is 9.99. The van der Waals surface area contributed by atoms with Crippen LogP contribution in [0.2, 0.25) is 0 Å². The van der Waals surface area contributed by atoms with Crippen LogP contribution in [0.3, 0.4) is 0 Å². The first-order valence-electron chi connectivity index (χ1n) is 11.2. The molecule has 6 nitrogen and oxygen atoms in total. The number of amides is 2. The van der Waals surface area contributed by atoms with E-state index in [9.17, 15) is 9.59 Å². The summed E-state index contributed by atoms with van der Waals surface area (Å²) in [6.45, 7) is 3.30. The summed E-state index contributed by atoms with van der Waals surface area (Å²) in [5.41, 5.74) is 0. The number of nitrogens with one attached hydrogen (secondary N) is 1. The highest BCUT2D eigenvalue weighted by molar-refractivity contribution is 6.35. The number of hydrogen-bond donors (Lipinski definition) is 1. The second kappa shape index (κ2) is 9.57. The summed E-state index contributed by atoms with van der Waals surface area (Å²) in [4.78, 5) is 32.0. The molecule has 160 valence electrons. The van der Waals surface area contributed by atoms with Gasteiger partial charge in [0.15, 0.2) is 0 Å². The Labute approximate surface area is 171 Å². The van der Waals surface area contributed by atoms with Gasteiger partial charge in [-0.3, -0.25) is 9.59 Å². The van der Waals surface area contributed by atoms with Crippen LogP contribution in [0.25, 0.3) is 0 Å². The van der Waals surface area contributed by atoms with Crippen LogP contribution in [-0.2, 0) is 9.59 Å². The third-order valence-corrected chi connectivity index (χ3v) is 7.12. The van der Waals surface area contributed by atoms with Crippen molar-refractivity contribution in [3.05, 3.63) is 0 Å². The summed E-state index contributed by atoms with van der Waals surface area (Å²) in [5.74, 6) is 1.33. The molecule has 2 amide bonds. The van der Waals surface area contributed by atoms with Gasteiger partial charge in [0.2, 0.25) is 0 Å². The molecule has 0 radical (unpaired) electrons. The third-order valence-electron chi connectivity index (χ3n) is 7.12. The van der Waals surface area contributed by atoms with E-state index >= 15 is 0 Å². The number of carbonyl (C=O) groups excluding carboxylic acids is 2. The molecule has 0 aromatic carbocycles. The summed E-state index contributed by atoms with van der Waals surface area (Å²) in [5, 5.41) is 3.20. The molecule has 1 unspecified atom stereocenters. The van der Waals surface area contributed by atoms with Gasteiger partial charge in [0.05, 0.1) is 0 Å². The van der Waals surface area contributed by atoms with Crippen molar-refractivity contribution in [1.29, 1.82) is 0 Å². The predicted molar refractivity (Wildman–Crippen MR) is 112 cm³/mol. The summed E-state index contributed by atoms with van der Waals surface area (Å²) < 4.78 is 0. The largest absolute Gasteiger partial charge is 0.345 e. The Morgan fingerprint density at radius 3 is 1.71 bits per heavy atom. The lowest BCUT2D eigenvalue weighted by Gasteiger charge is -2.38. The number of nitrogens with zero attached hydrogens (tertiary/aromatic N) is 3. The maximum atomic E-state index is 13.0. The number of hydrogen-bond acceptors (Lipinski definition) is 4. The molecule has 1 aliphatic heterocycles. The van der Waals surface area contributed by atoms with Crippen molar-refractivity contribution in [3.63, 3.8) is 0 Å². The maximum absolute atomic E-state index is 13.0. The van der Waals surface area contributed by atoms with Crippen molar-refractivity contribution in [2.75, 3.05) is 54.4 Å². The van der Waals surface area contributed by atoms with Gasteiger partial charge in [-0.05, 0) is 77.5 Å². The molecule has 0 aromatic heterocycles. The van der Waals surface area contributed by atoms with Crippen LogP contribution < -0.4 is 5.32 Å². The molecule has 1 N–H and O–H groups in total. The van der Waals surface area contributed by atoms with Gasteiger partial charge in [-0.2, -0.15) is 0 Å². The van der Waals surface area contributed by atoms with Gasteiger partial charge in [0.25, 0.3) is 0 Å². The Kier molecular flexibility index (Phi) is 7.37. The Hall–Kier alpha value is -1.14. The lowest BCUT2D eigenvalue weighted by Crippen LogP contribution is -2.52. The quantitative estimate of drug-likeness (QED) is 0.670. The zero-order valence-electron chi connectivity index (χ0n) is 18.3. The van der Waals surface area contributed by atoms with Crippen molar-refractivity contribution < 1.29 is 9.59 Å². The highest BCUT2D eigenvalue weighted by Gasteiger charge is 2.40. The van der Waals surface area contributed by atoms with Crippen LogP contribution in [0, 0.1) is 23.7 Å².